The lowest BCUT2D eigenvalue weighted by Gasteiger charge is -2.32. The minimum Gasteiger partial charge on any atom is -0.497 e. The molecule has 0 radical (unpaired) electrons. The standard InChI is InChI=1S/C30H35Cl2N3O5S/c1-20(2)17-33-30(37)22(4)34(18-23-8-9-24(31)16-28(23)32)29(36)19-35(25-10-12-26(40-5)13-11-25)41(38,39)27-14-6-21(3)7-15-27/h6-16,20,22H,17-19H2,1-5H3,(H,33,37)/t22-/m1/s1. The molecule has 2 amide bonds. The summed E-state index contributed by atoms with van der Waals surface area (Å²) in [4.78, 5) is 28.4. The highest BCUT2D eigenvalue weighted by Crippen LogP contribution is 2.28. The van der Waals surface area contributed by atoms with Crippen LogP contribution < -0.4 is 14.4 Å². The number of hydrogen-bond acceptors (Lipinski definition) is 5. The van der Waals surface area contributed by atoms with Crippen molar-refractivity contribution < 1.29 is 22.7 Å². The number of sulfonamides is 1. The number of aryl methyl sites for hydroxylation is 1. The molecule has 3 aromatic carbocycles. The second kappa shape index (κ2) is 14.1. The van der Waals surface area contributed by atoms with Crippen LogP contribution in [-0.4, -0.2) is 51.4 Å². The van der Waals surface area contributed by atoms with Crippen molar-refractivity contribution >= 4 is 50.7 Å². The molecule has 0 fully saturated rings. The van der Waals surface area contributed by atoms with Gasteiger partial charge in [0, 0.05) is 23.1 Å². The molecule has 0 aliphatic carbocycles. The molecule has 220 valence electrons. The highest BCUT2D eigenvalue weighted by molar-refractivity contribution is 7.92. The molecule has 3 aromatic rings. The maximum absolute atomic E-state index is 14.0. The highest BCUT2D eigenvalue weighted by atomic mass is 35.5. The summed E-state index contributed by atoms with van der Waals surface area (Å²) in [6.45, 7) is 7.21. The second-order valence-corrected chi connectivity index (χ2v) is 12.8. The van der Waals surface area contributed by atoms with Crippen molar-refractivity contribution in [3.63, 3.8) is 0 Å². The number of anilines is 1. The van der Waals surface area contributed by atoms with Gasteiger partial charge in [-0.05, 0) is 73.9 Å². The van der Waals surface area contributed by atoms with Gasteiger partial charge in [-0.3, -0.25) is 13.9 Å². The van der Waals surface area contributed by atoms with Crippen molar-refractivity contribution in [3.05, 3.63) is 87.9 Å². The Kier molecular flexibility index (Phi) is 11.1. The Bertz CT molecular complexity index is 1460. The Labute approximate surface area is 252 Å². The molecule has 0 aliphatic rings. The number of nitrogens with one attached hydrogen (secondary N) is 1. The van der Waals surface area contributed by atoms with Gasteiger partial charge in [0.1, 0.15) is 18.3 Å². The van der Waals surface area contributed by atoms with E-state index in [0.29, 0.717) is 27.9 Å². The van der Waals surface area contributed by atoms with E-state index in [4.69, 9.17) is 27.9 Å². The van der Waals surface area contributed by atoms with Gasteiger partial charge in [-0.25, -0.2) is 8.42 Å². The van der Waals surface area contributed by atoms with Gasteiger partial charge in [-0.1, -0.05) is 60.8 Å². The zero-order chi connectivity index (χ0) is 30.3. The van der Waals surface area contributed by atoms with Crippen LogP contribution in [0.15, 0.2) is 71.6 Å². The van der Waals surface area contributed by atoms with Crippen LogP contribution in [0.4, 0.5) is 5.69 Å². The first-order valence-electron chi connectivity index (χ1n) is 13.1. The van der Waals surface area contributed by atoms with Crippen LogP contribution in [0, 0.1) is 12.8 Å². The molecule has 11 heteroatoms. The molecular formula is C30H35Cl2N3O5S. The Hall–Kier alpha value is -3.27. The zero-order valence-corrected chi connectivity index (χ0v) is 26.1. The van der Waals surface area contributed by atoms with Crippen molar-refractivity contribution in [2.24, 2.45) is 5.92 Å². The first-order valence-corrected chi connectivity index (χ1v) is 15.3. The first kappa shape index (κ1) is 32.2. The minimum atomic E-state index is -4.17. The monoisotopic (exact) mass is 619 g/mol. The van der Waals surface area contributed by atoms with Crippen LogP contribution in [0.2, 0.25) is 10.0 Å². The van der Waals surface area contributed by atoms with Gasteiger partial charge < -0.3 is 15.0 Å². The van der Waals surface area contributed by atoms with E-state index >= 15 is 0 Å². The average Bonchev–Trinajstić information content (AvgIpc) is 2.94. The molecule has 0 bridgehead atoms. The number of ether oxygens (including phenoxy) is 1. The summed E-state index contributed by atoms with van der Waals surface area (Å²) >= 11 is 12.5. The van der Waals surface area contributed by atoms with E-state index in [0.717, 1.165) is 9.87 Å². The fourth-order valence-electron chi connectivity index (χ4n) is 3.98. The minimum absolute atomic E-state index is 0.0294. The zero-order valence-electron chi connectivity index (χ0n) is 23.7. The summed E-state index contributed by atoms with van der Waals surface area (Å²) < 4.78 is 34.1. The summed E-state index contributed by atoms with van der Waals surface area (Å²) in [5.74, 6) is -0.224. The quantitative estimate of drug-likeness (QED) is 0.281. The smallest absolute Gasteiger partial charge is 0.264 e. The van der Waals surface area contributed by atoms with Gasteiger partial charge in [0.05, 0.1) is 17.7 Å². The van der Waals surface area contributed by atoms with Crippen molar-refractivity contribution in [1.82, 2.24) is 10.2 Å². The van der Waals surface area contributed by atoms with Crippen LogP contribution in [-0.2, 0) is 26.2 Å². The third-order valence-electron chi connectivity index (χ3n) is 6.46. The Morgan fingerprint density at radius 2 is 1.59 bits per heavy atom. The number of carbonyl (C=O) groups excluding carboxylic acids is 2. The summed E-state index contributed by atoms with van der Waals surface area (Å²) in [7, 11) is -2.67. The van der Waals surface area contributed by atoms with E-state index < -0.39 is 28.5 Å². The normalized spacial score (nSPS) is 12.1. The van der Waals surface area contributed by atoms with Gasteiger partial charge in [-0.2, -0.15) is 0 Å². The second-order valence-electron chi connectivity index (χ2n) is 10.1. The molecule has 0 aliphatic heterocycles. The van der Waals surface area contributed by atoms with Crippen molar-refractivity contribution in [1.29, 1.82) is 0 Å². The van der Waals surface area contributed by atoms with Gasteiger partial charge >= 0.3 is 0 Å². The Morgan fingerprint density at radius 3 is 2.15 bits per heavy atom. The molecule has 41 heavy (non-hydrogen) atoms. The predicted octanol–water partition coefficient (Wildman–Crippen LogP) is 5.70. The lowest BCUT2D eigenvalue weighted by atomic mass is 10.1. The van der Waals surface area contributed by atoms with E-state index in [2.05, 4.69) is 5.32 Å². The summed E-state index contributed by atoms with van der Waals surface area (Å²) in [5, 5.41) is 3.60. The van der Waals surface area contributed by atoms with E-state index in [1.54, 1.807) is 61.5 Å². The lowest BCUT2D eigenvalue weighted by molar-refractivity contribution is -0.139. The average molecular weight is 621 g/mol. The molecule has 0 spiro atoms. The SMILES string of the molecule is COc1ccc(N(CC(=O)N(Cc2ccc(Cl)cc2Cl)[C@H](C)C(=O)NCC(C)C)S(=O)(=O)c2ccc(C)cc2)cc1. The Balaban J connectivity index is 2.04. The van der Waals surface area contributed by atoms with E-state index in [1.165, 1.54) is 24.1 Å². The number of benzene rings is 3. The summed E-state index contributed by atoms with van der Waals surface area (Å²) in [6, 6.07) is 16.7. The van der Waals surface area contributed by atoms with Crippen LogP contribution >= 0.6 is 23.2 Å². The third-order valence-corrected chi connectivity index (χ3v) is 8.83. The fourth-order valence-corrected chi connectivity index (χ4v) is 5.87. The molecule has 0 saturated carbocycles. The van der Waals surface area contributed by atoms with Crippen LogP contribution in [0.3, 0.4) is 0 Å². The first-order chi connectivity index (χ1) is 19.3. The predicted molar refractivity (Wildman–Crippen MR) is 163 cm³/mol. The molecule has 0 saturated heterocycles. The number of rotatable bonds is 12. The van der Waals surface area contributed by atoms with E-state index in [9.17, 15) is 18.0 Å². The topological polar surface area (TPSA) is 96.0 Å². The third kappa shape index (κ3) is 8.38. The molecule has 8 nitrogen and oxygen atoms in total. The molecule has 1 N–H and O–H groups in total. The van der Waals surface area contributed by atoms with Crippen LogP contribution in [0.1, 0.15) is 31.9 Å². The van der Waals surface area contributed by atoms with Gasteiger partial charge in [0.15, 0.2) is 0 Å². The molecule has 0 unspecified atom stereocenters. The molecular weight excluding hydrogens is 585 g/mol. The summed E-state index contributed by atoms with van der Waals surface area (Å²) in [6.07, 6.45) is 0. The molecule has 0 aromatic heterocycles. The van der Waals surface area contributed by atoms with E-state index in [1.807, 2.05) is 20.8 Å². The van der Waals surface area contributed by atoms with E-state index in [-0.39, 0.29) is 29.0 Å². The van der Waals surface area contributed by atoms with Crippen molar-refractivity contribution in [3.8, 4) is 5.75 Å². The Morgan fingerprint density at radius 1 is 0.951 bits per heavy atom. The van der Waals surface area contributed by atoms with Crippen LogP contribution in [0.25, 0.3) is 0 Å². The number of carbonyl (C=O) groups is 2. The lowest BCUT2D eigenvalue weighted by Crippen LogP contribution is -2.51. The maximum Gasteiger partial charge on any atom is 0.264 e. The number of methoxy groups -OCH3 is 1. The number of nitrogens with zero attached hydrogens (tertiary/aromatic N) is 2. The molecule has 3 rings (SSSR count). The van der Waals surface area contributed by atoms with Crippen molar-refractivity contribution in [2.75, 3.05) is 24.5 Å². The molecule has 0 heterocycles. The molecule has 1 atom stereocenters. The van der Waals surface area contributed by atoms with Gasteiger partial charge in [0.25, 0.3) is 10.0 Å². The summed E-state index contributed by atoms with van der Waals surface area (Å²) in [5.41, 5.74) is 1.72. The number of amides is 2. The number of hydrogen-bond donors (Lipinski definition) is 1. The maximum atomic E-state index is 14.0. The largest absolute Gasteiger partial charge is 0.497 e. The van der Waals surface area contributed by atoms with Crippen LogP contribution in [0.5, 0.6) is 5.75 Å². The van der Waals surface area contributed by atoms with Gasteiger partial charge in [0.2, 0.25) is 11.8 Å². The highest BCUT2D eigenvalue weighted by Gasteiger charge is 2.33. The van der Waals surface area contributed by atoms with Gasteiger partial charge in [-0.15, -0.1) is 0 Å². The number of halogens is 2. The fraction of sp³-hybridized carbons (Fsp3) is 0.333. The van der Waals surface area contributed by atoms with Crippen molar-refractivity contribution in [2.45, 2.75) is 45.2 Å².